The number of rotatable bonds is 5. The van der Waals surface area contributed by atoms with Gasteiger partial charge in [0.1, 0.15) is 11.6 Å². The molecule has 1 atom stereocenters. The van der Waals surface area contributed by atoms with Crippen LogP contribution in [0.5, 0.6) is 5.75 Å². The summed E-state index contributed by atoms with van der Waals surface area (Å²) in [5, 5.41) is 0. The summed E-state index contributed by atoms with van der Waals surface area (Å²) in [6.45, 7) is 5.69. The summed E-state index contributed by atoms with van der Waals surface area (Å²) < 4.78 is 19.8. The lowest BCUT2D eigenvalue weighted by Gasteiger charge is -2.25. The fourth-order valence-corrected chi connectivity index (χ4v) is 3.49. The molecule has 0 saturated carbocycles. The third-order valence-electron chi connectivity index (χ3n) is 4.69. The Hall–Kier alpha value is -1.92. The quantitative estimate of drug-likeness (QED) is 0.710. The number of nitrogens with zero attached hydrogens (tertiary/aromatic N) is 2. The minimum absolute atomic E-state index is 0.0153. The third kappa shape index (κ3) is 5.78. The lowest BCUT2D eigenvalue weighted by Crippen LogP contribution is -2.42. The van der Waals surface area contributed by atoms with Crippen LogP contribution in [-0.4, -0.2) is 48.0 Å². The number of ether oxygens (including phenoxy) is 1. The Kier molecular flexibility index (Phi) is 6.85. The molecule has 0 bridgehead atoms. The fraction of sp³-hybridized carbons (Fsp3) is 0.381. The largest absolute Gasteiger partial charge is 0.481 e. The molecule has 144 valence electrons. The molecular formula is C21H24BrFN2O2. The molecule has 6 heteroatoms. The number of amides is 1. The molecule has 1 saturated heterocycles. The van der Waals surface area contributed by atoms with Crippen molar-refractivity contribution in [1.82, 2.24) is 9.80 Å². The highest BCUT2D eigenvalue weighted by Crippen LogP contribution is 2.18. The van der Waals surface area contributed by atoms with E-state index >= 15 is 0 Å². The van der Waals surface area contributed by atoms with Crippen LogP contribution in [0.15, 0.2) is 53.0 Å². The van der Waals surface area contributed by atoms with Crippen molar-refractivity contribution < 1.29 is 13.9 Å². The number of carbonyl (C=O) groups excluding carboxylic acids is 1. The molecule has 1 unspecified atom stereocenters. The zero-order valence-electron chi connectivity index (χ0n) is 15.4. The Bertz CT molecular complexity index is 752. The van der Waals surface area contributed by atoms with E-state index < -0.39 is 6.10 Å². The predicted octanol–water partition coefficient (Wildman–Crippen LogP) is 4.09. The molecule has 1 amide bonds. The highest BCUT2D eigenvalue weighted by Gasteiger charge is 2.24. The maximum absolute atomic E-state index is 13.0. The minimum atomic E-state index is -0.519. The van der Waals surface area contributed by atoms with E-state index in [9.17, 15) is 9.18 Å². The molecule has 0 spiro atoms. The molecule has 2 aromatic rings. The van der Waals surface area contributed by atoms with Gasteiger partial charge in [0, 0.05) is 37.2 Å². The van der Waals surface area contributed by atoms with Gasteiger partial charge in [-0.3, -0.25) is 9.69 Å². The third-order valence-corrected chi connectivity index (χ3v) is 5.22. The van der Waals surface area contributed by atoms with Crippen LogP contribution in [0.2, 0.25) is 0 Å². The second kappa shape index (κ2) is 9.33. The van der Waals surface area contributed by atoms with Crippen molar-refractivity contribution in [2.75, 3.05) is 26.2 Å². The Morgan fingerprint density at radius 3 is 2.48 bits per heavy atom. The number of carbonyl (C=O) groups is 1. The monoisotopic (exact) mass is 434 g/mol. The average molecular weight is 435 g/mol. The van der Waals surface area contributed by atoms with Gasteiger partial charge in [0.15, 0.2) is 6.10 Å². The summed E-state index contributed by atoms with van der Waals surface area (Å²) in [4.78, 5) is 16.9. The summed E-state index contributed by atoms with van der Waals surface area (Å²) in [6, 6.07) is 14.1. The first-order chi connectivity index (χ1) is 13.0. The summed E-state index contributed by atoms with van der Waals surface area (Å²) >= 11 is 3.39. The van der Waals surface area contributed by atoms with Crippen LogP contribution in [0.1, 0.15) is 18.9 Å². The van der Waals surface area contributed by atoms with E-state index in [0.29, 0.717) is 12.3 Å². The van der Waals surface area contributed by atoms with Crippen molar-refractivity contribution >= 4 is 21.8 Å². The van der Waals surface area contributed by atoms with Gasteiger partial charge in [-0.25, -0.2) is 4.39 Å². The fourth-order valence-electron chi connectivity index (χ4n) is 3.22. The number of benzene rings is 2. The molecule has 0 N–H and O–H groups in total. The van der Waals surface area contributed by atoms with Gasteiger partial charge >= 0.3 is 0 Å². The normalized spacial score (nSPS) is 16.6. The second-order valence-electron chi connectivity index (χ2n) is 6.80. The van der Waals surface area contributed by atoms with Gasteiger partial charge in [0.25, 0.3) is 5.91 Å². The van der Waals surface area contributed by atoms with Crippen LogP contribution < -0.4 is 4.74 Å². The van der Waals surface area contributed by atoms with Gasteiger partial charge in [0.05, 0.1) is 0 Å². The van der Waals surface area contributed by atoms with Gasteiger partial charge < -0.3 is 9.64 Å². The van der Waals surface area contributed by atoms with E-state index in [1.807, 2.05) is 41.3 Å². The summed E-state index contributed by atoms with van der Waals surface area (Å²) in [5.74, 6) is 0.486. The Balaban J connectivity index is 1.52. The first kappa shape index (κ1) is 19.8. The SMILES string of the molecule is CC(Oc1ccc(Br)cc1)C(=O)N1CCCN(Cc2ccc(F)cc2)CC1. The minimum Gasteiger partial charge on any atom is -0.481 e. The first-order valence-electron chi connectivity index (χ1n) is 9.19. The van der Waals surface area contributed by atoms with Crippen LogP contribution in [-0.2, 0) is 11.3 Å². The first-order valence-corrected chi connectivity index (χ1v) is 9.98. The molecule has 1 fully saturated rings. The number of hydrogen-bond acceptors (Lipinski definition) is 3. The zero-order valence-corrected chi connectivity index (χ0v) is 17.0. The summed E-state index contributed by atoms with van der Waals surface area (Å²) in [6.07, 6.45) is 0.396. The van der Waals surface area contributed by atoms with Gasteiger partial charge in [-0.1, -0.05) is 28.1 Å². The summed E-state index contributed by atoms with van der Waals surface area (Å²) in [5.41, 5.74) is 1.09. The van der Waals surface area contributed by atoms with E-state index in [0.717, 1.165) is 42.6 Å². The average Bonchev–Trinajstić information content (AvgIpc) is 2.90. The maximum Gasteiger partial charge on any atom is 0.263 e. The predicted molar refractivity (Wildman–Crippen MR) is 107 cm³/mol. The van der Waals surface area contributed by atoms with Crippen molar-refractivity contribution in [1.29, 1.82) is 0 Å². The number of halogens is 2. The van der Waals surface area contributed by atoms with Gasteiger partial charge in [-0.2, -0.15) is 0 Å². The Morgan fingerprint density at radius 1 is 1.07 bits per heavy atom. The molecular weight excluding hydrogens is 411 g/mol. The van der Waals surface area contributed by atoms with Crippen molar-refractivity contribution in [3.63, 3.8) is 0 Å². The molecule has 0 aromatic heterocycles. The lowest BCUT2D eigenvalue weighted by atomic mass is 10.2. The molecule has 1 aliphatic rings. The lowest BCUT2D eigenvalue weighted by molar-refractivity contribution is -0.137. The van der Waals surface area contributed by atoms with Crippen molar-refractivity contribution in [2.24, 2.45) is 0 Å². The van der Waals surface area contributed by atoms with Crippen LogP contribution in [0.3, 0.4) is 0 Å². The van der Waals surface area contributed by atoms with E-state index in [4.69, 9.17) is 4.74 Å². The second-order valence-corrected chi connectivity index (χ2v) is 7.71. The van der Waals surface area contributed by atoms with Crippen LogP contribution in [0.4, 0.5) is 4.39 Å². The molecule has 2 aromatic carbocycles. The van der Waals surface area contributed by atoms with Crippen molar-refractivity contribution in [3.8, 4) is 5.75 Å². The highest BCUT2D eigenvalue weighted by atomic mass is 79.9. The molecule has 27 heavy (non-hydrogen) atoms. The topological polar surface area (TPSA) is 32.8 Å². The zero-order chi connectivity index (χ0) is 19.2. The van der Waals surface area contributed by atoms with E-state index in [-0.39, 0.29) is 11.7 Å². The van der Waals surface area contributed by atoms with E-state index in [2.05, 4.69) is 20.8 Å². The Morgan fingerprint density at radius 2 is 1.78 bits per heavy atom. The molecule has 1 aliphatic heterocycles. The van der Waals surface area contributed by atoms with Gasteiger partial charge in [-0.05, 0) is 55.3 Å². The van der Waals surface area contributed by atoms with Gasteiger partial charge in [-0.15, -0.1) is 0 Å². The van der Waals surface area contributed by atoms with E-state index in [1.165, 1.54) is 12.1 Å². The van der Waals surface area contributed by atoms with Gasteiger partial charge in [0.2, 0.25) is 0 Å². The molecule has 3 rings (SSSR count). The highest BCUT2D eigenvalue weighted by molar-refractivity contribution is 9.10. The van der Waals surface area contributed by atoms with Crippen molar-refractivity contribution in [2.45, 2.75) is 26.0 Å². The smallest absolute Gasteiger partial charge is 0.263 e. The van der Waals surface area contributed by atoms with Crippen LogP contribution in [0.25, 0.3) is 0 Å². The summed E-state index contributed by atoms with van der Waals surface area (Å²) in [7, 11) is 0. The van der Waals surface area contributed by atoms with Crippen molar-refractivity contribution in [3.05, 3.63) is 64.4 Å². The molecule has 1 heterocycles. The van der Waals surface area contributed by atoms with E-state index in [1.54, 1.807) is 6.92 Å². The van der Waals surface area contributed by atoms with Crippen LogP contribution in [0, 0.1) is 5.82 Å². The Labute approximate surface area is 168 Å². The van der Waals surface area contributed by atoms with Crippen LogP contribution >= 0.6 is 15.9 Å². The molecule has 0 aliphatic carbocycles. The number of hydrogen-bond donors (Lipinski definition) is 0. The molecule has 0 radical (unpaired) electrons. The standard InChI is InChI=1S/C21H24BrFN2O2/c1-16(27-20-9-5-18(22)6-10-20)21(26)25-12-2-11-24(13-14-25)15-17-3-7-19(23)8-4-17/h3-10,16H,2,11-15H2,1H3. The molecule has 4 nitrogen and oxygen atoms in total. The maximum atomic E-state index is 13.0.